The molecule has 0 N–H and O–H groups in total. The van der Waals surface area contributed by atoms with Crippen LogP contribution in [0.3, 0.4) is 0 Å². The average molecular weight is 385 g/mol. The predicted octanol–water partition coefficient (Wildman–Crippen LogP) is 3.71. The van der Waals surface area contributed by atoms with Crippen LogP contribution in [0.15, 0.2) is 53.6 Å². The van der Waals surface area contributed by atoms with E-state index in [1.165, 1.54) is 16.8 Å². The average Bonchev–Trinajstić information content (AvgIpc) is 2.92. The Morgan fingerprint density at radius 3 is 2.48 bits per heavy atom. The van der Waals surface area contributed by atoms with Gasteiger partial charge in [-0.3, -0.25) is 4.79 Å². The van der Waals surface area contributed by atoms with Crippen LogP contribution < -0.4 is 10.5 Å². The number of aromatic nitrogens is 4. The second kappa shape index (κ2) is 6.58. The van der Waals surface area contributed by atoms with Crippen molar-refractivity contribution in [1.82, 2.24) is 19.3 Å². The monoisotopic (exact) mass is 385 g/mol. The van der Waals surface area contributed by atoms with Crippen molar-refractivity contribution in [2.75, 3.05) is 18.0 Å². The van der Waals surface area contributed by atoms with E-state index in [-0.39, 0.29) is 5.56 Å². The van der Waals surface area contributed by atoms with E-state index in [9.17, 15) is 4.79 Å². The first kappa shape index (κ1) is 17.7. The van der Waals surface area contributed by atoms with Crippen LogP contribution in [0.1, 0.15) is 23.4 Å². The van der Waals surface area contributed by atoms with Crippen molar-refractivity contribution in [3.05, 3.63) is 76.1 Å². The molecule has 4 aromatic rings. The van der Waals surface area contributed by atoms with Crippen LogP contribution in [0.5, 0.6) is 0 Å². The van der Waals surface area contributed by atoms with Gasteiger partial charge in [-0.2, -0.15) is 9.78 Å². The Labute approximate surface area is 169 Å². The first-order valence-electron chi connectivity index (χ1n) is 9.93. The molecule has 1 saturated heterocycles. The van der Waals surface area contributed by atoms with Crippen molar-refractivity contribution >= 4 is 16.5 Å². The predicted molar refractivity (Wildman–Crippen MR) is 116 cm³/mol. The minimum Gasteiger partial charge on any atom is -0.371 e. The molecule has 5 rings (SSSR count). The van der Waals surface area contributed by atoms with Crippen LogP contribution in [0, 0.1) is 20.8 Å². The molecule has 6 heteroatoms. The fraction of sp³-hybridized carbons (Fsp3) is 0.261. The van der Waals surface area contributed by atoms with E-state index in [4.69, 9.17) is 0 Å². The highest BCUT2D eigenvalue weighted by atomic mass is 16.1. The molecule has 6 nitrogen and oxygen atoms in total. The van der Waals surface area contributed by atoms with Crippen molar-refractivity contribution in [3.63, 3.8) is 0 Å². The number of hydrogen-bond donors (Lipinski definition) is 0. The summed E-state index contributed by atoms with van der Waals surface area (Å²) in [6.07, 6.45) is 4.72. The summed E-state index contributed by atoms with van der Waals surface area (Å²) in [5, 5.41) is 5.99. The van der Waals surface area contributed by atoms with Crippen LogP contribution in [-0.2, 0) is 0 Å². The molecular formula is C23H23N5O. The zero-order valence-corrected chi connectivity index (χ0v) is 16.9. The zero-order valence-electron chi connectivity index (χ0n) is 16.9. The Balaban J connectivity index is 1.71. The number of benzene rings is 1. The maximum Gasteiger partial charge on any atom is 0.282 e. The second-order valence-electron chi connectivity index (χ2n) is 7.71. The van der Waals surface area contributed by atoms with E-state index in [0.717, 1.165) is 41.1 Å². The normalized spacial score (nSPS) is 13.7. The summed E-state index contributed by atoms with van der Waals surface area (Å²) < 4.78 is 3.55. The summed E-state index contributed by atoms with van der Waals surface area (Å²) in [6.45, 7) is 8.23. The van der Waals surface area contributed by atoms with Gasteiger partial charge in [0.15, 0.2) is 5.82 Å². The molecule has 0 bridgehead atoms. The van der Waals surface area contributed by atoms with Gasteiger partial charge in [-0.25, -0.2) is 4.98 Å². The number of nitrogens with zero attached hydrogens (tertiary/aromatic N) is 5. The molecule has 0 saturated carbocycles. The molecule has 1 aliphatic rings. The Morgan fingerprint density at radius 2 is 1.76 bits per heavy atom. The van der Waals surface area contributed by atoms with E-state index in [0.29, 0.717) is 11.2 Å². The van der Waals surface area contributed by atoms with Crippen LogP contribution in [0.4, 0.5) is 5.69 Å². The summed E-state index contributed by atoms with van der Waals surface area (Å²) in [6, 6.07) is 12.3. The highest BCUT2D eigenvalue weighted by molar-refractivity contribution is 5.88. The molecule has 0 amide bonds. The van der Waals surface area contributed by atoms with Crippen molar-refractivity contribution in [2.24, 2.45) is 0 Å². The molecule has 1 fully saturated rings. The van der Waals surface area contributed by atoms with Gasteiger partial charge in [0.25, 0.3) is 5.56 Å². The first-order chi connectivity index (χ1) is 14.0. The van der Waals surface area contributed by atoms with Crippen LogP contribution in [-0.4, -0.2) is 32.4 Å². The largest absolute Gasteiger partial charge is 0.371 e. The lowest BCUT2D eigenvalue weighted by Crippen LogP contribution is -2.36. The van der Waals surface area contributed by atoms with Gasteiger partial charge in [-0.15, -0.1) is 0 Å². The molecule has 1 aromatic carbocycles. The van der Waals surface area contributed by atoms with Crippen LogP contribution in [0.2, 0.25) is 0 Å². The smallest absolute Gasteiger partial charge is 0.282 e. The van der Waals surface area contributed by atoms with Crippen molar-refractivity contribution < 1.29 is 0 Å². The van der Waals surface area contributed by atoms with E-state index in [1.807, 2.05) is 32.9 Å². The summed E-state index contributed by atoms with van der Waals surface area (Å²) in [5.41, 5.74) is 5.14. The lowest BCUT2D eigenvalue weighted by atomic mass is 10.1. The van der Waals surface area contributed by atoms with Crippen molar-refractivity contribution in [2.45, 2.75) is 27.2 Å². The number of fused-ring (bicyclic) bond motifs is 1. The zero-order chi connectivity index (χ0) is 20.1. The van der Waals surface area contributed by atoms with E-state index in [2.05, 4.69) is 43.8 Å². The quantitative estimate of drug-likeness (QED) is 0.540. The third-order valence-corrected chi connectivity index (χ3v) is 5.83. The third kappa shape index (κ3) is 2.75. The Bertz CT molecular complexity index is 1300. The number of rotatable bonds is 3. The molecule has 146 valence electrons. The van der Waals surface area contributed by atoms with Gasteiger partial charge in [-0.1, -0.05) is 6.07 Å². The van der Waals surface area contributed by atoms with Gasteiger partial charge in [0.05, 0.1) is 11.6 Å². The topological polar surface area (TPSA) is 56.0 Å². The molecule has 4 heterocycles. The molecule has 0 unspecified atom stereocenters. The lowest BCUT2D eigenvalue weighted by molar-refractivity contribution is 0.617. The summed E-state index contributed by atoms with van der Waals surface area (Å²) in [7, 11) is 0. The Kier molecular flexibility index (Phi) is 4.01. The summed E-state index contributed by atoms with van der Waals surface area (Å²) >= 11 is 0. The van der Waals surface area contributed by atoms with Gasteiger partial charge < -0.3 is 9.47 Å². The highest BCUT2D eigenvalue weighted by Crippen LogP contribution is 2.29. The molecule has 0 radical (unpaired) electrons. The molecular weight excluding hydrogens is 362 g/mol. The van der Waals surface area contributed by atoms with Crippen LogP contribution >= 0.6 is 0 Å². The number of pyridine rings is 1. The fourth-order valence-corrected chi connectivity index (χ4v) is 4.15. The molecule has 3 aromatic heterocycles. The highest BCUT2D eigenvalue weighted by Gasteiger charge is 2.20. The second-order valence-corrected chi connectivity index (χ2v) is 7.71. The number of hydrogen-bond acceptors (Lipinski definition) is 4. The van der Waals surface area contributed by atoms with E-state index >= 15 is 0 Å². The summed E-state index contributed by atoms with van der Waals surface area (Å²) in [5.74, 6) is 0.543. The van der Waals surface area contributed by atoms with Gasteiger partial charge in [0.2, 0.25) is 0 Å². The van der Waals surface area contributed by atoms with Crippen molar-refractivity contribution in [3.8, 4) is 11.5 Å². The minimum atomic E-state index is -0.140. The van der Waals surface area contributed by atoms with Gasteiger partial charge >= 0.3 is 0 Å². The van der Waals surface area contributed by atoms with Crippen molar-refractivity contribution in [1.29, 1.82) is 0 Å². The molecule has 0 spiro atoms. The SMILES string of the molecule is Cc1ccnc(-n2ncc3c(C)n(-c4cccc(N5CCC5)c4)c(C)c3c2=O)c1. The van der Waals surface area contributed by atoms with Gasteiger partial charge in [-0.05, 0) is 63.1 Å². The molecule has 29 heavy (non-hydrogen) atoms. The van der Waals surface area contributed by atoms with E-state index < -0.39 is 0 Å². The van der Waals surface area contributed by atoms with E-state index in [1.54, 1.807) is 12.4 Å². The fourth-order valence-electron chi connectivity index (χ4n) is 4.15. The molecule has 0 atom stereocenters. The van der Waals surface area contributed by atoms with Gasteiger partial charge in [0.1, 0.15) is 0 Å². The maximum absolute atomic E-state index is 13.3. The Hall–Kier alpha value is -3.41. The number of aryl methyl sites for hydroxylation is 3. The summed E-state index contributed by atoms with van der Waals surface area (Å²) in [4.78, 5) is 20.0. The van der Waals surface area contributed by atoms with Crippen LogP contribution in [0.25, 0.3) is 22.3 Å². The standard InChI is InChI=1S/C23H23N5O/c1-15-8-9-24-21(12-15)28-23(29)22-17(3)27(16(2)20(22)14-25-28)19-7-4-6-18(13-19)26-10-5-11-26/h4,6-9,12-14H,5,10-11H2,1-3H3. The Morgan fingerprint density at radius 1 is 0.966 bits per heavy atom. The maximum atomic E-state index is 13.3. The first-order valence-corrected chi connectivity index (χ1v) is 9.93. The third-order valence-electron chi connectivity index (χ3n) is 5.83. The molecule has 0 aliphatic carbocycles. The van der Waals surface area contributed by atoms with Gasteiger partial charge in [0, 0.05) is 47.4 Å². The lowest BCUT2D eigenvalue weighted by Gasteiger charge is -2.33. The minimum absolute atomic E-state index is 0.140. The number of anilines is 1. The molecule has 1 aliphatic heterocycles.